The first kappa shape index (κ1) is 15.9. The van der Waals surface area contributed by atoms with E-state index in [1.165, 1.54) is 18.3 Å². The van der Waals surface area contributed by atoms with Crippen molar-refractivity contribution < 1.29 is 14.7 Å². The molecule has 0 radical (unpaired) electrons. The highest BCUT2D eigenvalue weighted by molar-refractivity contribution is 7.12. The summed E-state index contributed by atoms with van der Waals surface area (Å²) in [6.07, 6.45) is 2.07. The minimum Gasteiger partial charge on any atom is -0.396 e. The second kappa shape index (κ2) is 6.82. The fraction of sp³-hybridized carbons (Fsp3) is 0.571. The van der Waals surface area contributed by atoms with Crippen molar-refractivity contribution in [3.8, 4) is 0 Å². The zero-order valence-electron chi connectivity index (χ0n) is 11.7. The van der Waals surface area contributed by atoms with Gasteiger partial charge in [0.1, 0.15) is 0 Å². The molecule has 0 bridgehead atoms. The fourth-order valence-corrected chi connectivity index (χ4v) is 2.84. The van der Waals surface area contributed by atoms with Crippen LogP contribution in [0.5, 0.6) is 0 Å². The molecule has 106 valence electrons. The van der Waals surface area contributed by atoms with Crippen LogP contribution in [0.3, 0.4) is 0 Å². The Morgan fingerprint density at radius 2 is 2.00 bits per heavy atom. The number of aliphatic hydroxyl groups excluding tert-OH is 1. The molecule has 19 heavy (non-hydrogen) atoms. The summed E-state index contributed by atoms with van der Waals surface area (Å²) in [4.78, 5) is 24.0. The summed E-state index contributed by atoms with van der Waals surface area (Å²) in [6.45, 7) is 5.52. The smallest absolute Gasteiger partial charge is 0.261 e. The average molecular weight is 283 g/mol. The minimum absolute atomic E-state index is 0.0390. The zero-order valence-corrected chi connectivity index (χ0v) is 12.5. The number of nitrogens with one attached hydrogen (secondary N) is 1. The van der Waals surface area contributed by atoms with Gasteiger partial charge in [-0.25, -0.2) is 0 Å². The first-order valence-corrected chi connectivity index (χ1v) is 7.38. The Morgan fingerprint density at radius 1 is 1.37 bits per heavy atom. The van der Waals surface area contributed by atoms with Crippen LogP contribution in [0, 0.1) is 0 Å². The lowest BCUT2D eigenvalue weighted by Gasteiger charge is -2.32. The second-order valence-electron chi connectivity index (χ2n) is 4.67. The van der Waals surface area contributed by atoms with Crippen molar-refractivity contribution in [1.82, 2.24) is 5.32 Å². The third kappa shape index (κ3) is 3.88. The van der Waals surface area contributed by atoms with Crippen molar-refractivity contribution >= 4 is 23.0 Å². The molecule has 4 nitrogen and oxygen atoms in total. The molecule has 1 heterocycles. The summed E-state index contributed by atoms with van der Waals surface area (Å²) in [6, 6.07) is 1.62. The molecule has 0 saturated heterocycles. The van der Waals surface area contributed by atoms with Gasteiger partial charge in [0.25, 0.3) is 5.91 Å². The van der Waals surface area contributed by atoms with E-state index in [0.29, 0.717) is 16.9 Å². The number of Topliss-reactive ketones (excluding diaryl/α,β-unsaturated/α-hetero) is 1. The van der Waals surface area contributed by atoms with E-state index in [-0.39, 0.29) is 23.8 Å². The molecule has 0 aliphatic carbocycles. The Kier molecular flexibility index (Phi) is 5.69. The van der Waals surface area contributed by atoms with Crippen LogP contribution < -0.4 is 5.32 Å². The molecule has 0 aliphatic heterocycles. The van der Waals surface area contributed by atoms with Crippen LogP contribution in [-0.4, -0.2) is 28.9 Å². The quantitative estimate of drug-likeness (QED) is 0.756. The van der Waals surface area contributed by atoms with E-state index in [2.05, 4.69) is 5.32 Å². The standard InChI is InChI=1S/C14H21NO3S/c1-4-14(5-2,6-7-16)15-13(18)12-8-11(9-19-12)10(3)17/h8-9,16H,4-7H2,1-3H3,(H,15,18). The molecule has 0 aliphatic rings. The molecular weight excluding hydrogens is 262 g/mol. The summed E-state index contributed by atoms with van der Waals surface area (Å²) in [5.41, 5.74) is 0.197. The monoisotopic (exact) mass is 283 g/mol. The predicted molar refractivity (Wildman–Crippen MR) is 76.8 cm³/mol. The molecular formula is C14H21NO3S. The van der Waals surface area contributed by atoms with Crippen LogP contribution >= 0.6 is 11.3 Å². The lowest BCUT2D eigenvalue weighted by atomic mass is 9.89. The number of rotatable bonds is 7. The topological polar surface area (TPSA) is 66.4 Å². The lowest BCUT2D eigenvalue weighted by Crippen LogP contribution is -2.48. The predicted octanol–water partition coefficient (Wildman–Crippen LogP) is 2.62. The van der Waals surface area contributed by atoms with Crippen molar-refractivity contribution in [1.29, 1.82) is 0 Å². The van der Waals surface area contributed by atoms with E-state index >= 15 is 0 Å². The van der Waals surface area contributed by atoms with Crippen molar-refractivity contribution in [3.63, 3.8) is 0 Å². The van der Waals surface area contributed by atoms with E-state index in [1.54, 1.807) is 11.4 Å². The molecule has 0 aromatic carbocycles. The van der Waals surface area contributed by atoms with Crippen LogP contribution in [-0.2, 0) is 0 Å². The van der Waals surface area contributed by atoms with Gasteiger partial charge in [-0.2, -0.15) is 0 Å². The highest BCUT2D eigenvalue weighted by atomic mass is 32.1. The maximum absolute atomic E-state index is 12.2. The Hall–Kier alpha value is -1.20. The van der Waals surface area contributed by atoms with Crippen LogP contribution in [0.2, 0.25) is 0 Å². The molecule has 2 N–H and O–H groups in total. The van der Waals surface area contributed by atoms with Crippen LogP contribution in [0.4, 0.5) is 0 Å². The first-order chi connectivity index (χ1) is 8.98. The van der Waals surface area contributed by atoms with Gasteiger partial charge in [0.05, 0.1) is 4.88 Å². The molecule has 0 fully saturated rings. The third-order valence-electron chi connectivity index (χ3n) is 3.55. The van der Waals surface area contributed by atoms with Gasteiger partial charge >= 0.3 is 0 Å². The number of hydrogen-bond donors (Lipinski definition) is 2. The van der Waals surface area contributed by atoms with Crippen LogP contribution in [0.1, 0.15) is 60.1 Å². The highest BCUT2D eigenvalue weighted by Crippen LogP contribution is 2.22. The first-order valence-electron chi connectivity index (χ1n) is 6.51. The van der Waals surface area contributed by atoms with E-state index in [0.717, 1.165) is 12.8 Å². The maximum Gasteiger partial charge on any atom is 0.261 e. The SMILES string of the molecule is CCC(CC)(CCO)NC(=O)c1cc(C(C)=O)cs1. The third-order valence-corrected chi connectivity index (χ3v) is 4.48. The summed E-state index contributed by atoms with van der Waals surface area (Å²) >= 11 is 1.27. The number of carbonyl (C=O) groups excluding carboxylic acids is 2. The van der Waals surface area contributed by atoms with Gasteiger partial charge in [-0.1, -0.05) is 13.8 Å². The molecule has 1 rings (SSSR count). The molecule has 0 unspecified atom stereocenters. The average Bonchev–Trinajstić information content (AvgIpc) is 2.88. The molecule has 1 aromatic heterocycles. The Morgan fingerprint density at radius 3 is 2.42 bits per heavy atom. The number of carbonyl (C=O) groups is 2. The van der Waals surface area contributed by atoms with E-state index < -0.39 is 0 Å². The highest BCUT2D eigenvalue weighted by Gasteiger charge is 2.28. The molecule has 5 heteroatoms. The number of thiophene rings is 1. The molecule has 0 atom stereocenters. The molecule has 1 amide bonds. The summed E-state index contributed by atoms with van der Waals surface area (Å²) in [5, 5.41) is 13.8. The molecule has 1 aromatic rings. The van der Waals surface area contributed by atoms with Crippen molar-refractivity contribution in [2.75, 3.05) is 6.61 Å². The fourth-order valence-electron chi connectivity index (χ4n) is 2.00. The summed E-state index contributed by atoms with van der Waals surface area (Å²) in [7, 11) is 0. The van der Waals surface area contributed by atoms with Crippen molar-refractivity contribution in [2.45, 2.75) is 45.6 Å². The normalized spacial score (nSPS) is 11.4. The second-order valence-corrected chi connectivity index (χ2v) is 5.58. The van der Waals surface area contributed by atoms with Gasteiger partial charge < -0.3 is 10.4 Å². The number of ketones is 1. The van der Waals surface area contributed by atoms with E-state index in [4.69, 9.17) is 5.11 Å². The number of hydrogen-bond acceptors (Lipinski definition) is 4. The van der Waals surface area contributed by atoms with E-state index in [1.807, 2.05) is 13.8 Å². The molecule has 0 saturated carbocycles. The van der Waals surface area contributed by atoms with Gasteiger partial charge in [0.15, 0.2) is 5.78 Å². The lowest BCUT2D eigenvalue weighted by molar-refractivity contribution is 0.0873. The number of aliphatic hydroxyl groups is 1. The van der Waals surface area contributed by atoms with Crippen LogP contribution in [0.15, 0.2) is 11.4 Å². The van der Waals surface area contributed by atoms with Gasteiger partial charge in [0, 0.05) is 23.1 Å². The van der Waals surface area contributed by atoms with Crippen molar-refractivity contribution in [3.05, 3.63) is 21.9 Å². The van der Waals surface area contributed by atoms with Crippen LogP contribution in [0.25, 0.3) is 0 Å². The van der Waals surface area contributed by atoms with Gasteiger partial charge in [0.2, 0.25) is 0 Å². The van der Waals surface area contributed by atoms with E-state index in [9.17, 15) is 9.59 Å². The summed E-state index contributed by atoms with van der Waals surface area (Å²) < 4.78 is 0. The van der Waals surface area contributed by atoms with Crippen molar-refractivity contribution in [2.24, 2.45) is 0 Å². The Labute approximate surface area is 117 Å². The minimum atomic E-state index is -0.369. The Bertz CT molecular complexity index is 449. The van der Waals surface area contributed by atoms with Gasteiger partial charge in [-0.3, -0.25) is 9.59 Å². The largest absolute Gasteiger partial charge is 0.396 e. The number of amides is 1. The van der Waals surface area contributed by atoms with Gasteiger partial charge in [-0.05, 0) is 32.3 Å². The maximum atomic E-state index is 12.2. The molecule has 0 spiro atoms. The van der Waals surface area contributed by atoms with Gasteiger partial charge in [-0.15, -0.1) is 11.3 Å². The summed E-state index contributed by atoms with van der Waals surface area (Å²) in [5.74, 6) is -0.211. The zero-order chi connectivity index (χ0) is 14.5. The Balaban J connectivity index is 2.84.